The highest BCUT2D eigenvalue weighted by Crippen LogP contribution is 2.25. The van der Waals surface area contributed by atoms with Gasteiger partial charge < -0.3 is 10.2 Å². The summed E-state index contributed by atoms with van der Waals surface area (Å²) in [6.07, 6.45) is 3.46. The monoisotopic (exact) mass is 238 g/mol. The van der Waals surface area contributed by atoms with Crippen LogP contribution in [0.5, 0.6) is 0 Å². The fourth-order valence-corrected chi connectivity index (χ4v) is 2.14. The van der Waals surface area contributed by atoms with Crippen molar-refractivity contribution in [3.8, 4) is 0 Å². The normalized spacial score (nSPS) is 12.8. The molecule has 1 aromatic carbocycles. The zero-order chi connectivity index (χ0) is 12.5. The molecular formula is C15H14N2O. The van der Waals surface area contributed by atoms with Gasteiger partial charge in [0.05, 0.1) is 17.8 Å². The lowest BCUT2D eigenvalue weighted by Gasteiger charge is -2.11. The zero-order valence-corrected chi connectivity index (χ0v) is 10.1. The Balaban J connectivity index is 2.07. The Morgan fingerprint density at radius 2 is 2.11 bits per heavy atom. The number of pyridine rings is 1. The van der Waals surface area contributed by atoms with E-state index in [0.29, 0.717) is 0 Å². The van der Waals surface area contributed by atoms with Crippen molar-refractivity contribution in [1.82, 2.24) is 4.98 Å². The predicted molar refractivity (Wildman–Crippen MR) is 71.2 cm³/mol. The molecule has 3 heteroatoms. The van der Waals surface area contributed by atoms with E-state index in [9.17, 15) is 0 Å². The van der Waals surface area contributed by atoms with Gasteiger partial charge in [-0.15, -0.1) is 0 Å². The van der Waals surface area contributed by atoms with Crippen molar-refractivity contribution in [2.45, 2.75) is 13.0 Å². The molecular weight excluding hydrogens is 224 g/mol. The number of hydrogen-bond acceptors (Lipinski definition) is 3. The summed E-state index contributed by atoms with van der Waals surface area (Å²) in [5.41, 5.74) is 9.33. The van der Waals surface area contributed by atoms with E-state index in [-0.39, 0.29) is 6.04 Å². The lowest BCUT2D eigenvalue weighted by Crippen LogP contribution is -2.11. The van der Waals surface area contributed by atoms with Crippen LogP contribution in [0.3, 0.4) is 0 Å². The Morgan fingerprint density at radius 3 is 2.89 bits per heavy atom. The first kappa shape index (κ1) is 11.0. The minimum Gasteiger partial charge on any atom is -0.467 e. The molecule has 2 N–H and O–H groups in total. The summed E-state index contributed by atoms with van der Waals surface area (Å²) in [7, 11) is 0. The molecule has 2 heterocycles. The molecule has 0 radical (unpaired) electrons. The predicted octanol–water partition coefficient (Wildman–Crippen LogP) is 3.18. The number of hydrogen-bond donors (Lipinski definition) is 1. The maximum Gasteiger partial charge on any atom is 0.127 e. The Morgan fingerprint density at radius 1 is 1.22 bits per heavy atom. The maximum absolute atomic E-state index is 6.24. The van der Waals surface area contributed by atoms with Crippen molar-refractivity contribution in [2.24, 2.45) is 5.73 Å². The third-order valence-electron chi connectivity index (χ3n) is 3.17. The standard InChI is InChI=1S/C15H14N2O/c1-10-6-8-18-15(10)14(16)12-4-5-13-11(9-12)3-2-7-17-13/h2-9,14H,16H2,1H3. The van der Waals surface area contributed by atoms with Crippen molar-refractivity contribution in [2.75, 3.05) is 0 Å². The summed E-state index contributed by atoms with van der Waals surface area (Å²) in [5.74, 6) is 0.818. The number of benzene rings is 1. The molecule has 0 spiro atoms. The van der Waals surface area contributed by atoms with E-state index in [1.54, 1.807) is 12.5 Å². The minimum absolute atomic E-state index is 0.232. The molecule has 0 aliphatic heterocycles. The second-order valence-corrected chi connectivity index (χ2v) is 4.40. The Hall–Kier alpha value is -2.13. The SMILES string of the molecule is Cc1ccoc1C(N)c1ccc2ncccc2c1. The van der Waals surface area contributed by atoms with Gasteiger partial charge in [-0.3, -0.25) is 4.98 Å². The first-order valence-electron chi connectivity index (χ1n) is 5.90. The largest absolute Gasteiger partial charge is 0.467 e. The molecule has 0 aliphatic rings. The van der Waals surface area contributed by atoms with Crippen LogP contribution in [-0.2, 0) is 0 Å². The molecule has 0 saturated heterocycles. The third kappa shape index (κ3) is 1.79. The van der Waals surface area contributed by atoms with Gasteiger partial charge in [-0.1, -0.05) is 12.1 Å². The second-order valence-electron chi connectivity index (χ2n) is 4.40. The molecule has 18 heavy (non-hydrogen) atoms. The van der Waals surface area contributed by atoms with Crippen LogP contribution in [0, 0.1) is 6.92 Å². The van der Waals surface area contributed by atoms with Crippen LogP contribution in [-0.4, -0.2) is 4.98 Å². The van der Waals surface area contributed by atoms with Crippen molar-refractivity contribution in [3.63, 3.8) is 0 Å². The van der Waals surface area contributed by atoms with Crippen LogP contribution in [0.4, 0.5) is 0 Å². The highest BCUT2D eigenvalue weighted by molar-refractivity contribution is 5.79. The number of aryl methyl sites for hydroxylation is 1. The van der Waals surface area contributed by atoms with Gasteiger partial charge in [0.15, 0.2) is 0 Å². The average Bonchev–Trinajstić information content (AvgIpc) is 2.83. The Kier molecular flexibility index (Phi) is 2.61. The molecule has 3 aromatic rings. The zero-order valence-electron chi connectivity index (χ0n) is 10.1. The van der Waals surface area contributed by atoms with Crippen molar-refractivity contribution >= 4 is 10.9 Å². The number of nitrogens with two attached hydrogens (primary N) is 1. The summed E-state index contributed by atoms with van der Waals surface area (Å²) < 4.78 is 5.45. The van der Waals surface area contributed by atoms with Crippen molar-refractivity contribution < 1.29 is 4.42 Å². The molecule has 3 rings (SSSR count). The van der Waals surface area contributed by atoms with Crippen molar-refractivity contribution in [3.05, 3.63) is 65.7 Å². The summed E-state index contributed by atoms with van der Waals surface area (Å²) in [5, 5.41) is 1.09. The van der Waals surface area contributed by atoms with Crippen LogP contribution in [0.25, 0.3) is 10.9 Å². The van der Waals surface area contributed by atoms with Crippen LogP contribution in [0.1, 0.15) is 22.9 Å². The highest BCUT2D eigenvalue weighted by Gasteiger charge is 2.14. The number of rotatable bonds is 2. The quantitative estimate of drug-likeness (QED) is 0.746. The van der Waals surface area contributed by atoms with Crippen LogP contribution in [0.15, 0.2) is 53.3 Å². The Bertz CT molecular complexity index is 688. The van der Waals surface area contributed by atoms with Gasteiger partial charge >= 0.3 is 0 Å². The fourth-order valence-electron chi connectivity index (χ4n) is 2.14. The summed E-state index contributed by atoms with van der Waals surface area (Å²) in [6.45, 7) is 2.00. The molecule has 0 fully saturated rings. The van der Waals surface area contributed by atoms with E-state index >= 15 is 0 Å². The van der Waals surface area contributed by atoms with Gasteiger partial charge in [-0.05, 0) is 42.3 Å². The van der Waals surface area contributed by atoms with E-state index in [0.717, 1.165) is 27.8 Å². The van der Waals surface area contributed by atoms with Gasteiger partial charge in [0.2, 0.25) is 0 Å². The second kappa shape index (κ2) is 4.27. The minimum atomic E-state index is -0.232. The van der Waals surface area contributed by atoms with Gasteiger partial charge in [-0.2, -0.15) is 0 Å². The summed E-state index contributed by atoms with van der Waals surface area (Å²) >= 11 is 0. The van der Waals surface area contributed by atoms with Gasteiger partial charge in [0.25, 0.3) is 0 Å². The number of fused-ring (bicyclic) bond motifs is 1. The van der Waals surface area contributed by atoms with Crippen molar-refractivity contribution in [1.29, 1.82) is 0 Å². The fraction of sp³-hybridized carbons (Fsp3) is 0.133. The smallest absolute Gasteiger partial charge is 0.127 e. The first-order chi connectivity index (χ1) is 8.75. The first-order valence-corrected chi connectivity index (χ1v) is 5.90. The topological polar surface area (TPSA) is 52.0 Å². The van der Waals surface area contributed by atoms with E-state index in [2.05, 4.69) is 11.1 Å². The van der Waals surface area contributed by atoms with Crippen LogP contribution >= 0.6 is 0 Å². The van der Waals surface area contributed by atoms with Crippen LogP contribution in [0.2, 0.25) is 0 Å². The van der Waals surface area contributed by atoms with Crippen LogP contribution < -0.4 is 5.73 Å². The lowest BCUT2D eigenvalue weighted by molar-refractivity contribution is 0.487. The highest BCUT2D eigenvalue weighted by atomic mass is 16.3. The average molecular weight is 238 g/mol. The molecule has 2 aromatic heterocycles. The van der Waals surface area contributed by atoms with E-state index in [1.807, 2.05) is 37.3 Å². The molecule has 0 bridgehead atoms. The molecule has 3 nitrogen and oxygen atoms in total. The van der Waals surface area contributed by atoms with E-state index in [4.69, 9.17) is 10.2 Å². The maximum atomic E-state index is 6.24. The third-order valence-corrected chi connectivity index (χ3v) is 3.17. The summed E-state index contributed by atoms with van der Waals surface area (Å²) in [4.78, 5) is 4.30. The molecule has 0 aliphatic carbocycles. The molecule has 0 saturated carbocycles. The number of aromatic nitrogens is 1. The van der Waals surface area contributed by atoms with Gasteiger partial charge in [0.1, 0.15) is 5.76 Å². The molecule has 1 atom stereocenters. The van der Waals surface area contributed by atoms with E-state index < -0.39 is 0 Å². The number of nitrogens with zero attached hydrogens (tertiary/aromatic N) is 1. The van der Waals surface area contributed by atoms with Gasteiger partial charge in [0, 0.05) is 11.6 Å². The summed E-state index contributed by atoms with van der Waals surface area (Å²) in [6, 6.07) is 11.7. The van der Waals surface area contributed by atoms with Gasteiger partial charge in [-0.25, -0.2) is 0 Å². The van der Waals surface area contributed by atoms with E-state index in [1.165, 1.54) is 0 Å². The lowest BCUT2D eigenvalue weighted by atomic mass is 10.0. The Labute approximate surface area is 105 Å². The molecule has 0 amide bonds. The molecule has 1 unspecified atom stereocenters. The number of furan rings is 1. The molecule has 90 valence electrons.